The van der Waals surface area contributed by atoms with E-state index in [1.165, 1.54) is 22.5 Å². The van der Waals surface area contributed by atoms with E-state index in [0.717, 1.165) is 11.6 Å². The topological polar surface area (TPSA) is 57.7 Å². The van der Waals surface area contributed by atoms with E-state index in [-0.39, 0.29) is 37.0 Å². The number of sulfonamides is 1. The van der Waals surface area contributed by atoms with Crippen molar-refractivity contribution in [2.75, 3.05) is 26.2 Å². The lowest BCUT2D eigenvalue weighted by Crippen LogP contribution is -2.50. The van der Waals surface area contributed by atoms with Crippen LogP contribution in [0.15, 0.2) is 53.4 Å². The van der Waals surface area contributed by atoms with Crippen molar-refractivity contribution < 1.29 is 17.6 Å². The van der Waals surface area contributed by atoms with Crippen molar-refractivity contribution in [2.45, 2.75) is 11.8 Å². The van der Waals surface area contributed by atoms with Crippen molar-refractivity contribution in [3.63, 3.8) is 0 Å². The van der Waals surface area contributed by atoms with Crippen molar-refractivity contribution in [3.05, 3.63) is 65.5 Å². The third-order valence-corrected chi connectivity index (χ3v) is 6.29. The molecule has 1 aliphatic heterocycles. The molecular formula is C18H19FN2O3S. The highest BCUT2D eigenvalue weighted by molar-refractivity contribution is 7.89. The minimum absolute atomic E-state index is 0.110. The van der Waals surface area contributed by atoms with Crippen molar-refractivity contribution in [1.29, 1.82) is 0 Å². The van der Waals surface area contributed by atoms with Crippen LogP contribution in [0.2, 0.25) is 0 Å². The number of benzene rings is 2. The third-order valence-electron chi connectivity index (χ3n) is 4.36. The standard InChI is InChI=1S/C18H19FN2O3S/c1-14-6-2-3-7-15(14)18(22)20-10-12-21(13-11-20)25(23,24)17-9-5-4-8-16(17)19/h2-9H,10-13H2,1H3. The predicted molar refractivity (Wildman–Crippen MR) is 92.2 cm³/mol. The quantitative estimate of drug-likeness (QED) is 0.842. The van der Waals surface area contributed by atoms with Gasteiger partial charge in [0.1, 0.15) is 10.7 Å². The molecule has 1 saturated heterocycles. The summed E-state index contributed by atoms with van der Waals surface area (Å²) in [6.07, 6.45) is 0. The molecule has 0 aliphatic carbocycles. The SMILES string of the molecule is Cc1ccccc1C(=O)N1CCN(S(=O)(=O)c2ccccc2F)CC1. The zero-order chi connectivity index (χ0) is 18.0. The molecule has 1 amide bonds. The number of halogens is 1. The lowest BCUT2D eigenvalue weighted by molar-refractivity contribution is 0.0697. The van der Waals surface area contributed by atoms with Gasteiger partial charge >= 0.3 is 0 Å². The van der Waals surface area contributed by atoms with Crippen LogP contribution >= 0.6 is 0 Å². The Kier molecular flexibility index (Phi) is 4.87. The predicted octanol–water partition coefficient (Wildman–Crippen LogP) is 2.28. The van der Waals surface area contributed by atoms with E-state index >= 15 is 0 Å². The van der Waals surface area contributed by atoms with E-state index in [9.17, 15) is 17.6 Å². The second-order valence-electron chi connectivity index (χ2n) is 5.94. The van der Waals surface area contributed by atoms with Gasteiger partial charge in [-0.15, -0.1) is 0 Å². The minimum atomic E-state index is -3.89. The first-order valence-electron chi connectivity index (χ1n) is 8.01. The number of piperazine rings is 1. The molecule has 0 aromatic heterocycles. The van der Waals surface area contributed by atoms with Gasteiger partial charge in [-0.3, -0.25) is 4.79 Å². The fourth-order valence-electron chi connectivity index (χ4n) is 2.91. The van der Waals surface area contributed by atoms with E-state index in [1.54, 1.807) is 17.0 Å². The number of carbonyl (C=O) groups is 1. The molecule has 0 unspecified atom stereocenters. The molecule has 0 radical (unpaired) electrons. The van der Waals surface area contributed by atoms with Crippen molar-refractivity contribution in [1.82, 2.24) is 9.21 Å². The van der Waals surface area contributed by atoms with E-state index in [1.807, 2.05) is 19.1 Å². The van der Waals surface area contributed by atoms with Crippen LogP contribution in [0.1, 0.15) is 15.9 Å². The molecule has 0 N–H and O–H groups in total. The Morgan fingerprint density at radius 3 is 2.20 bits per heavy atom. The highest BCUT2D eigenvalue weighted by atomic mass is 32.2. The Bertz CT molecular complexity index is 891. The molecule has 1 heterocycles. The van der Waals surface area contributed by atoms with Crippen LogP contribution in [0.3, 0.4) is 0 Å². The molecule has 0 bridgehead atoms. The largest absolute Gasteiger partial charge is 0.336 e. The average molecular weight is 362 g/mol. The lowest BCUT2D eigenvalue weighted by Gasteiger charge is -2.34. The van der Waals surface area contributed by atoms with Gasteiger partial charge < -0.3 is 4.90 Å². The van der Waals surface area contributed by atoms with Crippen LogP contribution in [-0.4, -0.2) is 49.7 Å². The number of carbonyl (C=O) groups excluding carboxylic acids is 1. The average Bonchev–Trinajstić information content (AvgIpc) is 2.62. The molecule has 2 aromatic rings. The molecule has 0 saturated carbocycles. The monoisotopic (exact) mass is 362 g/mol. The van der Waals surface area contributed by atoms with Crippen LogP contribution in [0, 0.1) is 12.7 Å². The molecule has 1 fully saturated rings. The highest BCUT2D eigenvalue weighted by Crippen LogP contribution is 2.21. The summed E-state index contributed by atoms with van der Waals surface area (Å²) in [5.41, 5.74) is 1.50. The summed E-state index contributed by atoms with van der Waals surface area (Å²) in [6.45, 7) is 2.72. The first-order valence-corrected chi connectivity index (χ1v) is 9.45. The highest BCUT2D eigenvalue weighted by Gasteiger charge is 2.32. The molecule has 2 aromatic carbocycles. The van der Waals surface area contributed by atoms with Gasteiger partial charge in [0.05, 0.1) is 0 Å². The summed E-state index contributed by atoms with van der Waals surface area (Å²) < 4.78 is 40.3. The molecule has 132 valence electrons. The van der Waals surface area contributed by atoms with Crippen LogP contribution < -0.4 is 0 Å². The Balaban J connectivity index is 1.73. The summed E-state index contributed by atoms with van der Waals surface area (Å²) >= 11 is 0. The van der Waals surface area contributed by atoms with Crippen LogP contribution in [0.4, 0.5) is 4.39 Å². The normalized spacial score (nSPS) is 16.0. The van der Waals surface area contributed by atoms with E-state index in [4.69, 9.17) is 0 Å². The number of rotatable bonds is 3. The summed E-state index contributed by atoms with van der Waals surface area (Å²) in [5.74, 6) is -0.873. The summed E-state index contributed by atoms with van der Waals surface area (Å²) in [4.78, 5) is 13.9. The van der Waals surface area contributed by atoms with E-state index in [2.05, 4.69) is 0 Å². The van der Waals surface area contributed by atoms with Gasteiger partial charge in [-0.1, -0.05) is 30.3 Å². The Morgan fingerprint density at radius 1 is 0.960 bits per heavy atom. The van der Waals surface area contributed by atoms with Crippen molar-refractivity contribution in [2.24, 2.45) is 0 Å². The first kappa shape index (κ1) is 17.6. The van der Waals surface area contributed by atoms with E-state index in [0.29, 0.717) is 5.56 Å². The van der Waals surface area contributed by atoms with Crippen molar-refractivity contribution in [3.8, 4) is 0 Å². The second kappa shape index (κ2) is 6.93. The molecular weight excluding hydrogens is 343 g/mol. The summed E-state index contributed by atoms with van der Waals surface area (Å²) in [6, 6.07) is 12.6. The summed E-state index contributed by atoms with van der Waals surface area (Å²) in [7, 11) is -3.89. The van der Waals surface area contributed by atoms with Gasteiger partial charge in [-0.25, -0.2) is 12.8 Å². The van der Waals surface area contributed by atoms with Gasteiger partial charge in [0.25, 0.3) is 5.91 Å². The van der Waals surface area contributed by atoms with Crippen LogP contribution in [0.25, 0.3) is 0 Å². The number of nitrogens with zero attached hydrogens (tertiary/aromatic N) is 2. The smallest absolute Gasteiger partial charge is 0.254 e. The fraction of sp³-hybridized carbons (Fsp3) is 0.278. The van der Waals surface area contributed by atoms with Gasteiger partial charge in [-0.05, 0) is 30.7 Å². The Labute approximate surface area is 146 Å². The number of amides is 1. The maximum Gasteiger partial charge on any atom is 0.254 e. The molecule has 7 heteroatoms. The zero-order valence-electron chi connectivity index (χ0n) is 13.9. The number of hydrogen-bond donors (Lipinski definition) is 0. The number of aryl methyl sites for hydroxylation is 1. The molecule has 0 spiro atoms. The van der Waals surface area contributed by atoms with E-state index < -0.39 is 15.8 Å². The molecule has 0 atom stereocenters. The Morgan fingerprint density at radius 2 is 1.56 bits per heavy atom. The second-order valence-corrected chi connectivity index (χ2v) is 7.85. The molecule has 5 nitrogen and oxygen atoms in total. The van der Waals surface area contributed by atoms with Crippen LogP contribution in [-0.2, 0) is 10.0 Å². The van der Waals surface area contributed by atoms with Gasteiger partial charge in [0, 0.05) is 31.7 Å². The summed E-state index contributed by atoms with van der Waals surface area (Å²) in [5, 5.41) is 0. The van der Waals surface area contributed by atoms with Crippen molar-refractivity contribution >= 4 is 15.9 Å². The lowest BCUT2D eigenvalue weighted by atomic mass is 10.1. The Hall–Kier alpha value is -2.25. The van der Waals surface area contributed by atoms with Gasteiger partial charge in [0.15, 0.2) is 0 Å². The van der Waals surface area contributed by atoms with Crippen LogP contribution in [0.5, 0.6) is 0 Å². The molecule has 25 heavy (non-hydrogen) atoms. The minimum Gasteiger partial charge on any atom is -0.336 e. The van der Waals surface area contributed by atoms with Gasteiger partial charge in [0.2, 0.25) is 10.0 Å². The zero-order valence-corrected chi connectivity index (χ0v) is 14.7. The molecule has 1 aliphatic rings. The molecule has 3 rings (SSSR count). The third kappa shape index (κ3) is 3.43. The van der Waals surface area contributed by atoms with Gasteiger partial charge in [-0.2, -0.15) is 4.31 Å². The fourth-order valence-corrected chi connectivity index (χ4v) is 4.39. The first-order chi connectivity index (χ1) is 11.9. The number of hydrogen-bond acceptors (Lipinski definition) is 3. The maximum absolute atomic E-state index is 13.8. The maximum atomic E-state index is 13.8.